The van der Waals surface area contributed by atoms with Crippen molar-refractivity contribution >= 4 is 17.0 Å². The lowest BCUT2D eigenvalue weighted by Crippen LogP contribution is -2.18. The Morgan fingerprint density at radius 3 is 3.05 bits per heavy atom. The first-order chi connectivity index (χ1) is 9.76. The van der Waals surface area contributed by atoms with Gasteiger partial charge in [-0.15, -0.1) is 11.3 Å². The monoisotopic (exact) mass is 286 g/mol. The minimum atomic E-state index is -0.170. The van der Waals surface area contributed by atoms with Crippen LogP contribution in [0.25, 0.3) is 0 Å². The summed E-state index contributed by atoms with van der Waals surface area (Å²) in [5.41, 5.74) is 7.62. The van der Waals surface area contributed by atoms with Crippen LogP contribution in [-0.2, 0) is 13.0 Å². The summed E-state index contributed by atoms with van der Waals surface area (Å²) < 4.78 is 13.4. The van der Waals surface area contributed by atoms with Crippen LogP contribution in [0.15, 0.2) is 30.3 Å². The van der Waals surface area contributed by atoms with E-state index in [4.69, 9.17) is 5.73 Å². The molecule has 0 spiro atoms. The number of halogens is 1. The molecule has 0 saturated carbocycles. The Labute approximate surface area is 122 Å². The summed E-state index contributed by atoms with van der Waals surface area (Å²) in [6.45, 7) is 2.14. The standard InChI is InChI=1S/C16H15FN2S/c17-13-4-3-12-7-9-19(16(12)10-13)11-15-6-5-14(20-15)2-1-8-18/h3-6,10H,7-9,11,18H2. The zero-order valence-electron chi connectivity index (χ0n) is 11.0. The molecular formula is C16H15FN2S. The normalized spacial score (nSPS) is 13.0. The second kappa shape index (κ2) is 5.66. The van der Waals surface area contributed by atoms with Crippen LogP contribution in [0.4, 0.5) is 10.1 Å². The molecule has 102 valence electrons. The molecule has 0 unspecified atom stereocenters. The molecule has 2 N–H and O–H groups in total. The van der Waals surface area contributed by atoms with E-state index < -0.39 is 0 Å². The van der Waals surface area contributed by atoms with Crippen LogP contribution in [0, 0.1) is 17.7 Å². The van der Waals surface area contributed by atoms with Gasteiger partial charge in [-0.1, -0.05) is 17.9 Å². The third-order valence-corrected chi connectivity index (χ3v) is 4.35. The van der Waals surface area contributed by atoms with Crippen molar-refractivity contribution in [2.45, 2.75) is 13.0 Å². The van der Waals surface area contributed by atoms with E-state index in [1.54, 1.807) is 17.4 Å². The third kappa shape index (κ3) is 2.69. The quantitative estimate of drug-likeness (QED) is 0.860. The van der Waals surface area contributed by atoms with Crippen molar-refractivity contribution in [2.75, 3.05) is 18.0 Å². The first-order valence-corrected chi connectivity index (χ1v) is 7.39. The van der Waals surface area contributed by atoms with Crippen molar-refractivity contribution in [2.24, 2.45) is 5.73 Å². The van der Waals surface area contributed by atoms with E-state index in [1.807, 2.05) is 12.1 Å². The number of thiophene rings is 1. The highest BCUT2D eigenvalue weighted by Crippen LogP contribution is 2.31. The van der Waals surface area contributed by atoms with Crippen molar-refractivity contribution < 1.29 is 4.39 Å². The number of fused-ring (bicyclic) bond motifs is 1. The fourth-order valence-corrected chi connectivity index (χ4v) is 3.34. The number of hydrogen-bond donors (Lipinski definition) is 1. The van der Waals surface area contributed by atoms with Gasteiger partial charge >= 0.3 is 0 Å². The summed E-state index contributed by atoms with van der Waals surface area (Å²) in [6.07, 6.45) is 0.987. The van der Waals surface area contributed by atoms with Gasteiger partial charge in [0.15, 0.2) is 0 Å². The fourth-order valence-electron chi connectivity index (χ4n) is 2.44. The predicted octanol–water partition coefficient (Wildman–Crippen LogP) is 2.76. The molecule has 0 amide bonds. The Balaban J connectivity index is 1.77. The smallest absolute Gasteiger partial charge is 0.125 e. The Kier molecular flexibility index (Phi) is 3.72. The number of rotatable bonds is 2. The summed E-state index contributed by atoms with van der Waals surface area (Å²) in [5.74, 6) is 5.73. The van der Waals surface area contributed by atoms with Crippen molar-refractivity contribution in [1.82, 2.24) is 0 Å². The van der Waals surface area contributed by atoms with Gasteiger partial charge in [0.2, 0.25) is 0 Å². The van der Waals surface area contributed by atoms with Gasteiger partial charge < -0.3 is 10.6 Å². The summed E-state index contributed by atoms with van der Waals surface area (Å²) >= 11 is 1.67. The molecule has 0 saturated heterocycles. The van der Waals surface area contributed by atoms with Gasteiger partial charge in [0.05, 0.1) is 18.0 Å². The predicted molar refractivity (Wildman–Crippen MR) is 81.4 cm³/mol. The molecule has 2 nitrogen and oxygen atoms in total. The van der Waals surface area contributed by atoms with E-state index in [2.05, 4.69) is 22.8 Å². The first-order valence-electron chi connectivity index (χ1n) is 6.57. The lowest BCUT2D eigenvalue weighted by atomic mass is 10.2. The number of benzene rings is 1. The van der Waals surface area contributed by atoms with Crippen molar-refractivity contribution in [3.8, 4) is 11.8 Å². The average Bonchev–Trinajstić information content (AvgIpc) is 3.05. The number of nitrogens with two attached hydrogens (primary N) is 1. The van der Waals surface area contributed by atoms with Crippen LogP contribution < -0.4 is 10.6 Å². The maximum absolute atomic E-state index is 13.4. The topological polar surface area (TPSA) is 29.3 Å². The van der Waals surface area contributed by atoms with E-state index in [-0.39, 0.29) is 5.82 Å². The molecule has 0 aliphatic carbocycles. The van der Waals surface area contributed by atoms with E-state index in [0.29, 0.717) is 6.54 Å². The van der Waals surface area contributed by atoms with Crippen LogP contribution in [-0.4, -0.2) is 13.1 Å². The highest BCUT2D eigenvalue weighted by Gasteiger charge is 2.20. The van der Waals surface area contributed by atoms with Crippen LogP contribution >= 0.6 is 11.3 Å². The number of nitrogens with zero attached hydrogens (tertiary/aromatic N) is 1. The molecule has 0 radical (unpaired) electrons. The molecule has 2 heterocycles. The number of anilines is 1. The van der Waals surface area contributed by atoms with Crippen LogP contribution in [0.5, 0.6) is 0 Å². The lowest BCUT2D eigenvalue weighted by Gasteiger charge is -2.18. The number of hydrogen-bond acceptors (Lipinski definition) is 3. The van der Waals surface area contributed by atoms with Gasteiger partial charge in [-0.05, 0) is 36.2 Å². The van der Waals surface area contributed by atoms with E-state index in [1.165, 1.54) is 16.5 Å². The SMILES string of the molecule is NCC#Cc1ccc(CN2CCc3ccc(F)cc32)s1. The van der Waals surface area contributed by atoms with Crippen molar-refractivity contribution in [1.29, 1.82) is 0 Å². The Bertz CT molecular complexity index is 681. The molecule has 0 fully saturated rings. The average molecular weight is 286 g/mol. The molecule has 2 aromatic rings. The summed E-state index contributed by atoms with van der Waals surface area (Å²) in [4.78, 5) is 4.50. The van der Waals surface area contributed by atoms with Gasteiger partial charge in [0.1, 0.15) is 5.82 Å². The van der Waals surface area contributed by atoms with Gasteiger partial charge in [-0.2, -0.15) is 0 Å². The molecular weight excluding hydrogens is 271 g/mol. The minimum Gasteiger partial charge on any atom is -0.366 e. The first kappa shape index (κ1) is 13.2. The Hall–Kier alpha value is -1.83. The van der Waals surface area contributed by atoms with Crippen molar-refractivity contribution in [3.05, 3.63) is 51.5 Å². The third-order valence-electron chi connectivity index (χ3n) is 3.36. The second-order valence-corrected chi connectivity index (χ2v) is 5.88. The Morgan fingerprint density at radius 1 is 1.30 bits per heavy atom. The van der Waals surface area contributed by atoms with E-state index in [0.717, 1.165) is 30.1 Å². The maximum atomic E-state index is 13.4. The second-order valence-electron chi connectivity index (χ2n) is 4.72. The van der Waals surface area contributed by atoms with E-state index >= 15 is 0 Å². The zero-order chi connectivity index (χ0) is 13.9. The molecule has 0 bridgehead atoms. The summed E-state index contributed by atoms with van der Waals surface area (Å²) in [7, 11) is 0. The molecule has 1 aromatic carbocycles. The maximum Gasteiger partial charge on any atom is 0.125 e. The van der Waals surface area contributed by atoms with E-state index in [9.17, 15) is 4.39 Å². The molecule has 4 heteroatoms. The van der Waals surface area contributed by atoms with Crippen LogP contribution in [0.3, 0.4) is 0 Å². The molecule has 3 rings (SSSR count). The summed E-state index contributed by atoms with van der Waals surface area (Å²) in [5, 5.41) is 0. The molecule has 1 aliphatic heterocycles. The molecule has 20 heavy (non-hydrogen) atoms. The molecule has 1 aromatic heterocycles. The fraction of sp³-hybridized carbons (Fsp3) is 0.250. The van der Waals surface area contributed by atoms with Gasteiger partial charge in [0, 0.05) is 17.1 Å². The lowest BCUT2D eigenvalue weighted by molar-refractivity contribution is 0.627. The Morgan fingerprint density at radius 2 is 2.20 bits per heavy atom. The van der Waals surface area contributed by atoms with Gasteiger partial charge in [-0.25, -0.2) is 4.39 Å². The molecule has 1 aliphatic rings. The highest BCUT2D eigenvalue weighted by atomic mass is 32.1. The minimum absolute atomic E-state index is 0.170. The van der Waals surface area contributed by atoms with Crippen LogP contribution in [0.1, 0.15) is 15.3 Å². The van der Waals surface area contributed by atoms with Crippen molar-refractivity contribution in [3.63, 3.8) is 0 Å². The largest absolute Gasteiger partial charge is 0.366 e. The zero-order valence-corrected chi connectivity index (χ0v) is 11.8. The summed E-state index contributed by atoms with van der Waals surface area (Å²) in [6, 6.07) is 9.16. The van der Waals surface area contributed by atoms with Crippen LogP contribution in [0.2, 0.25) is 0 Å². The highest BCUT2D eigenvalue weighted by molar-refractivity contribution is 7.12. The van der Waals surface area contributed by atoms with Gasteiger partial charge in [-0.3, -0.25) is 0 Å². The van der Waals surface area contributed by atoms with Gasteiger partial charge in [0.25, 0.3) is 0 Å². The molecule has 0 atom stereocenters.